The zero-order valence-electron chi connectivity index (χ0n) is 11.7. The molecule has 0 unspecified atom stereocenters. The summed E-state index contributed by atoms with van der Waals surface area (Å²) in [4.78, 5) is 0. The maximum atomic E-state index is 6.29. The number of benzene rings is 2. The van der Waals surface area contributed by atoms with Crippen LogP contribution < -0.4 is 0 Å². The number of hydrogen-bond donors (Lipinski definition) is 0. The summed E-state index contributed by atoms with van der Waals surface area (Å²) in [5, 5.41) is 9.56. The van der Waals surface area contributed by atoms with E-state index in [1.54, 1.807) is 13.2 Å². The normalized spacial score (nSPS) is 11.2. The number of furan rings is 1. The van der Waals surface area contributed by atoms with Crippen LogP contribution in [0.25, 0.3) is 33.6 Å². The van der Waals surface area contributed by atoms with Crippen molar-refractivity contribution >= 4 is 22.6 Å². The maximum absolute atomic E-state index is 6.29. The molecule has 0 amide bonds. The van der Waals surface area contributed by atoms with Gasteiger partial charge < -0.3 is 8.83 Å². The van der Waals surface area contributed by atoms with E-state index in [-0.39, 0.29) is 0 Å². The van der Waals surface area contributed by atoms with Crippen LogP contribution in [0.15, 0.2) is 57.6 Å². The standard InChI is InChI=1S/C17H11ClN2O2/c1-10-19-20-17(22-10)11-6-7-16-13(8-11)14(9-21-16)12-4-2-3-5-15(12)18/h2-9H,1H3. The minimum Gasteiger partial charge on any atom is -0.464 e. The highest BCUT2D eigenvalue weighted by atomic mass is 35.5. The van der Waals surface area contributed by atoms with Gasteiger partial charge >= 0.3 is 0 Å². The first-order valence-electron chi connectivity index (χ1n) is 6.79. The van der Waals surface area contributed by atoms with Crippen LogP contribution in [0.2, 0.25) is 5.02 Å². The zero-order valence-corrected chi connectivity index (χ0v) is 12.5. The minimum atomic E-state index is 0.491. The molecule has 0 fully saturated rings. The molecule has 4 aromatic rings. The van der Waals surface area contributed by atoms with Crippen molar-refractivity contribution in [3.8, 4) is 22.6 Å². The third-order valence-corrected chi connectivity index (χ3v) is 3.84. The molecule has 0 N–H and O–H groups in total. The van der Waals surface area contributed by atoms with E-state index in [4.69, 9.17) is 20.4 Å². The Bertz CT molecular complexity index is 972. The van der Waals surface area contributed by atoms with Crippen LogP contribution in [0.3, 0.4) is 0 Å². The molecule has 0 atom stereocenters. The summed E-state index contributed by atoms with van der Waals surface area (Å²) in [6, 6.07) is 13.5. The average Bonchev–Trinajstić information content (AvgIpc) is 3.13. The lowest BCUT2D eigenvalue weighted by molar-refractivity contribution is 0.533. The van der Waals surface area contributed by atoms with Crippen LogP contribution in [0, 0.1) is 6.92 Å². The second-order valence-corrected chi connectivity index (χ2v) is 5.37. The lowest BCUT2D eigenvalue weighted by Crippen LogP contribution is -1.80. The van der Waals surface area contributed by atoms with Gasteiger partial charge in [0.25, 0.3) is 0 Å². The Morgan fingerprint density at radius 2 is 1.86 bits per heavy atom. The highest BCUT2D eigenvalue weighted by Gasteiger charge is 2.13. The van der Waals surface area contributed by atoms with E-state index in [9.17, 15) is 0 Å². The van der Waals surface area contributed by atoms with E-state index >= 15 is 0 Å². The van der Waals surface area contributed by atoms with Crippen molar-refractivity contribution in [2.45, 2.75) is 6.92 Å². The molecule has 0 aliphatic carbocycles. The predicted molar refractivity (Wildman–Crippen MR) is 84.7 cm³/mol. The number of nitrogens with zero attached hydrogens (tertiary/aromatic N) is 2. The highest BCUT2D eigenvalue weighted by molar-refractivity contribution is 6.33. The minimum absolute atomic E-state index is 0.491. The van der Waals surface area contributed by atoms with Gasteiger partial charge in [0, 0.05) is 34.0 Å². The van der Waals surface area contributed by atoms with Crippen molar-refractivity contribution in [3.63, 3.8) is 0 Å². The molecule has 0 aliphatic heterocycles. The van der Waals surface area contributed by atoms with E-state index < -0.39 is 0 Å². The molecule has 5 heteroatoms. The Balaban J connectivity index is 1.92. The van der Waals surface area contributed by atoms with Crippen molar-refractivity contribution < 1.29 is 8.83 Å². The Morgan fingerprint density at radius 1 is 1.00 bits per heavy atom. The zero-order chi connectivity index (χ0) is 15.1. The number of aromatic nitrogens is 2. The lowest BCUT2D eigenvalue weighted by Gasteiger charge is -2.02. The van der Waals surface area contributed by atoms with Crippen LogP contribution in [0.1, 0.15) is 5.89 Å². The van der Waals surface area contributed by atoms with E-state index in [1.807, 2.05) is 42.5 Å². The molecular weight excluding hydrogens is 300 g/mol. The van der Waals surface area contributed by atoms with E-state index in [2.05, 4.69) is 10.2 Å². The summed E-state index contributed by atoms with van der Waals surface area (Å²) in [6.45, 7) is 1.77. The molecule has 4 rings (SSSR count). The van der Waals surface area contributed by atoms with Gasteiger partial charge in [0.15, 0.2) is 0 Å². The van der Waals surface area contributed by atoms with Gasteiger partial charge in [-0.05, 0) is 24.3 Å². The van der Waals surface area contributed by atoms with Gasteiger partial charge in [0.2, 0.25) is 11.8 Å². The molecule has 108 valence electrons. The molecule has 2 heterocycles. The van der Waals surface area contributed by atoms with Gasteiger partial charge in [-0.15, -0.1) is 10.2 Å². The summed E-state index contributed by atoms with van der Waals surface area (Å²) in [5.41, 5.74) is 3.51. The van der Waals surface area contributed by atoms with Gasteiger partial charge in [-0.25, -0.2) is 0 Å². The molecular formula is C17H11ClN2O2. The Labute approximate surface area is 131 Å². The molecule has 0 aliphatic rings. The van der Waals surface area contributed by atoms with Crippen molar-refractivity contribution in [1.29, 1.82) is 0 Å². The number of hydrogen-bond acceptors (Lipinski definition) is 4. The SMILES string of the molecule is Cc1nnc(-c2ccc3occ(-c4ccccc4Cl)c3c2)o1. The van der Waals surface area contributed by atoms with E-state index in [1.165, 1.54) is 0 Å². The molecule has 4 nitrogen and oxygen atoms in total. The number of halogens is 1. The third kappa shape index (κ3) is 2.09. The van der Waals surface area contributed by atoms with E-state index in [0.29, 0.717) is 16.8 Å². The molecule has 2 aromatic carbocycles. The summed E-state index contributed by atoms with van der Waals surface area (Å²) < 4.78 is 11.1. The van der Waals surface area contributed by atoms with E-state index in [0.717, 1.165) is 27.7 Å². The Hall–Kier alpha value is -2.59. The van der Waals surface area contributed by atoms with Gasteiger partial charge in [0.05, 0.1) is 6.26 Å². The largest absolute Gasteiger partial charge is 0.464 e. The van der Waals surface area contributed by atoms with Crippen LogP contribution in [0.5, 0.6) is 0 Å². The number of rotatable bonds is 2. The summed E-state index contributed by atoms with van der Waals surface area (Å²) in [6.07, 6.45) is 1.72. The lowest BCUT2D eigenvalue weighted by atomic mass is 10.0. The van der Waals surface area contributed by atoms with Crippen molar-refractivity contribution in [1.82, 2.24) is 10.2 Å². The molecule has 0 radical (unpaired) electrons. The first-order chi connectivity index (χ1) is 10.7. The topological polar surface area (TPSA) is 52.1 Å². The fourth-order valence-electron chi connectivity index (χ4n) is 2.46. The first kappa shape index (κ1) is 13.1. The van der Waals surface area contributed by atoms with Crippen LogP contribution >= 0.6 is 11.6 Å². The van der Waals surface area contributed by atoms with Crippen molar-refractivity contribution in [2.24, 2.45) is 0 Å². The summed E-state index contributed by atoms with van der Waals surface area (Å²) in [5.74, 6) is 1.03. The molecule has 0 bridgehead atoms. The molecule has 0 saturated heterocycles. The van der Waals surface area contributed by atoms with Crippen molar-refractivity contribution in [2.75, 3.05) is 0 Å². The van der Waals surface area contributed by atoms with Gasteiger partial charge in [0.1, 0.15) is 5.58 Å². The second-order valence-electron chi connectivity index (χ2n) is 4.97. The fourth-order valence-corrected chi connectivity index (χ4v) is 2.70. The summed E-state index contributed by atoms with van der Waals surface area (Å²) >= 11 is 6.29. The maximum Gasteiger partial charge on any atom is 0.247 e. The Kier molecular flexibility index (Phi) is 2.98. The molecule has 0 spiro atoms. The quantitative estimate of drug-likeness (QED) is 0.516. The number of fused-ring (bicyclic) bond motifs is 1. The monoisotopic (exact) mass is 310 g/mol. The smallest absolute Gasteiger partial charge is 0.247 e. The average molecular weight is 311 g/mol. The molecule has 22 heavy (non-hydrogen) atoms. The Morgan fingerprint density at radius 3 is 2.64 bits per heavy atom. The van der Waals surface area contributed by atoms with Crippen LogP contribution in [-0.2, 0) is 0 Å². The fraction of sp³-hybridized carbons (Fsp3) is 0.0588. The highest BCUT2D eigenvalue weighted by Crippen LogP contribution is 2.36. The summed E-state index contributed by atoms with van der Waals surface area (Å²) in [7, 11) is 0. The molecule has 2 aromatic heterocycles. The first-order valence-corrected chi connectivity index (χ1v) is 7.17. The van der Waals surface area contributed by atoms with Crippen molar-refractivity contribution in [3.05, 3.63) is 59.6 Å². The third-order valence-electron chi connectivity index (χ3n) is 3.51. The predicted octanol–water partition coefficient (Wildman–Crippen LogP) is 5.11. The van der Waals surface area contributed by atoms with Gasteiger partial charge in [-0.3, -0.25) is 0 Å². The van der Waals surface area contributed by atoms with Gasteiger partial charge in [-0.2, -0.15) is 0 Å². The second kappa shape index (κ2) is 5.00. The van der Waals surface area contributed by atoms with Gasteiger partial charge in [-0.1, -0.05) is 29.8 Å². The molecule has 0 saturated carbocycles. The van der Waals surface area contributed by atoms with Crippen LogP contribution in [0.4, 0.5) is 0 Å². The van der Waals surface area contributed by atoms with Crippen LogP contribution in [-0.4, -0.2) is 10.2 Å². The number of aryl methyl sites for hydroxylation is 1.